The zero-order chi connectivity index (χ0) is 12.1. The quantitative estimate of drug-likeness (QED) is 0.631. The number of carbonyl (C=O) groups excluding carboxylic acids is 2. The van der Waals surface area contributed by atoms with Gasteiger partial charge in [0.05, 0.1) is 6.54 Å². The van der Waals surface area contributed by atoms with Gasteiger partial charge in [0.25, 0.3) is 5.91 Å². The number of aryl methyl sites for hydroxylation is 1. The Labute approximate surface area is 94.0 Å². The van der Waals surface area contributed by atoms with E-state index in [0.717, 1.165) is 5.56 Å². The van der Waals surface area contributed by atoms with E-state index < -0.39 is 0 Å². The first-order chi connectivity index (χ1) is 7.54. The van der Waals surface area contributed by atoms with Crippen LogP contribution in [0, 0.1) is 6.92 Å². The summed E-state index contributed by atoms with van der Waals surface area (Å²) in [6.45, 7) is 1.82. The number of anilines is 1. The van der Waals surface area contributed by atoms with Crippen LogP contribution >= 0.6 is 0 Å². The van der Waals surface area contributed by atoms with Gasteiger partial charge < -0.3 is 16.4 Å². The summed E-state index contributed by atoms with van der Waals surface area (Å²) < 4.78 is 0. The molecule has 0 unspecified atom stereocenters. The van der Waals surface area contributed by atoms with Crippen LogP contribution in [0.4, 0.5) is 5.69 Å². The van der Waals surface area contributed by atoms with Gasteiger partial charge in [-0.15, -0.1) is 0 Å². The predicted octanol–water partition coefficient (Wildman–Crippen LogP) is 0.0530. The second-order valence-corrected chi connectivity index (χ2v) is 3.43. The molecule has 5 nitrogen and oxygen atoms in total. The number of nitrogens with one attached hydrogen (secondary N) is 2. The van der Waals surface area contributed by atoms with Crippen LogP contribution in [0.2, 0.25) is 0 Å². The summed E-state index contributed by atoms with van der Waals surface area (Å²) in [7, 11) is 1.51. The van der Waals surface area contributed by atoms with Gasteiger partial charge >= 0.3 is 0 Å². The van der Waals surface area contributed by atoms with Crippen LogP contribution in [0.3, 0.4) is 0 Å². The summed E-state index contributed by atoms with van der Waals surface area (Å²) >= 11 is 0. The summed E-state index contributed by atoms with van der Waals surface area (Å²) in [4.78, 5) is 22.5. The number of likely N-dealkylation sites (N-methyl/N-ethyl adjacent to an activating group) is 1. The maximum Gasteiger partial charge on any atom is 0.251 e. The second-order valence-electron chi connectivity index (χ2n) is 3.43. The van der Waals surface area contributed by atoms with E-state index in [9.17, 15) is 9.59 Å². The summed E-state index contributed by atoms with van der Waals surface area (Å²) in [5.41, 5.74) is 7.61. The van der Waals surface area contributed by atoms with Gasteiger partial charge in [0.2, 0.25) is 5.91 Å². The van der Waals surface area contributed by atoms with Crippen molar-refractivity contribution in [1.82, 2.24) is 10.6 Å². The van der Waals surface area contributed by atoms with Crippen LogP contribution in [0.5, 0.6) is 0 Å². The smallest absolute Gasteiger partial charge is 0.251 e. The van der Waals surface area contributed by atoms with Crippen molar-refractivity contribution >= 4 is 17.5 Å². The molecule has 4 N–H and O–H groups in total. The number of hydrogen-bond donors (Lipinski definition) is 3. The van der Waals surface area contributed by atoms with Gasteiger partial charge in [-0.25, -0.2) is 0 Å². The molecule has 0 aliphatic heterocycles. The van der Waals surface area contributed by atoms with Crippen molar-refractivity contribution in [1.29, 1.82) is 0 Å². The van der Waals surface area contributed by atoms with Crippen LogP contribution in [0.1, 0.15) is 15.9 Å². The average molecular weight is 221 g/mol. The third-order valence-electron chi connectivity index (χ3n) is 2.23. The highest BCUT2D eigenvalue weighted by molar-refractivity contribution is 5.97. The number of benzene rings is 1. The molecule has 0 aliphatic carbocycles. The highest BCUT2D eigenvalue weighted by Gasteiger charge is 2.07. The third-order valence-corrected chi connectivity index (χ3v) is 2.23. The molecule has 0 spiro atoms. The van der Waals surface area contributed by atoms with Crippen LogP contribution in [0.15, 0.2) is 18.2 Å². The number of rotatable bonds is 3. The average Bonchev–Trinajstić information content (AvgIpc) is 2.29. The minimum Gasteiger partial charge on any atom is -0.398 e. The van der Waals surface area contributed by atoms with E-state index in [-0.39, 0.29) is 18.4 Å². The lowest BCUT2D eigenvalue weighted by Crippen LogP contribution is -2.35. The van der Waals surface area contributed by atoms with Gasteiger partial charge in [-0.1, -0.05) is 6.07 Å². The molecule has 0 saturated carbocycles. The van der Waals surface area contributed by atoms with Gasteiger partial charge in [-0.05, 0) is 24.6 Å². The summed E-state index contributed by atoms with van der Waals surface area (Å²) in [6.07, 6.45) is 0. The Balaban J connectivity index is 2.66. The van der Waals surface area contributed by atoms with E-state index in [2.05, 4.69) is 10.6 Å². The minimum atomic E-state index is -0.310. The van der Waals surface area contributed by atoms with Crippen molar-refractivity contribution in [3.63, 3.8) is 0 Å². The Morgan fingerprint density at radius 2 is 2.06 bits per heavy atom. The molecule has 1 aromatic carbocycles. The molecule has 0 aliphatic rings. The van der Waals surface area contributed by atoms with Crippen LogP contribution in [0.25, 0.3) is 0 Å². The van der Waals surface area contributed by atoms with Crippen LogP contribution < -0.4 is 16.4 Å². The topological polar surface area (TPSA) is 84.2 Å². The molecule has 16 heavy (non-hydrogen) atoms. The van der Waals surface area contributed by atoms with Crippen molar-refractivity contribution in [2.75, 3.05) is 19.3 Å². The summed E-state index contributed by atoms with van der Waals surface area (Å²) in [5.74, 6) is -0.552. The monoisotopic (exact) mass is 221 g/mol. The molecule has 0 fully saturated rings. The van der Waals surface area contributed by atoms with E-state index in [4.69, 9.17) is 5.73 Å². The van der Waals surface area contributed by atoms with Gasteiger partial charge in [0.1, 0.15) is 0 Å². The van der Waals surface area contributed by atoms with Crippen LogP contribution in [-0.4, -0.2) is 25.4 Å². The Bertz CT molecular complexity index is 416. The van der Waals surface area contributed by atoms with Gasteiger partial charge in [0.15, 0.2) is 0 Å². The number of carbonyl (C=O) groups is 2. The van der Waals surface area contributed by atoms with E-state index in [0.29, 0.717) is 11.3 Å². The van der Waals surface area contributed by atoms with Crippen molar-refractivity contribution < 1.29 is 9.59 Å². The molecule has 1 rings (SSSR count). The highest BCUT2D eigenvalue weighted by Crippen LogP contribution is 2.12. The predicted molar refractivity (Wildman–Crippen MR) is 62.0 cm³/mol. The van der Waals surface area contributed by atoms with E-state index in [1.54, 1.807) is 18.2 Å². The first kappa shape index (κ1) is 12.0. The molecular weight excluding hydrogens is 206 g/mol. The largest absolute Gasteiger partial charge is 0.398 e. The Hall–Kier alpha value is -2.04. The zero-order valence-electron chi connectivity index (χ0n) is 9.33. The lowest BCUT2D eigenvalue weighted by Gasteiger charge is -2.06. The number of nitrogen functional groups attached to an aromatic ring is 1. The molecule has 0 heterocycles. The Morgan fingerprint density at radius 1 is 1.38 bits per heavy atom. The fourth-order valence-electron chi connectivity index (χ4n) is 1.13. The fourth-order valence-corrected chi connectivity index (χ4v) is 1.13. The first-order valence-corrected chi connectivity index (χ1v) is 4.89. The molecule has 0 bridgehead atoms. The Kier molecular flexibility index (Phi) is 3.88. The molecule has 0 aromatic heterocycles. The number of hydrogen-bond acceptors (Lipinski definition) is 3. The van der Waals surface area contributed by atoms with E-state index in [1.807, 2.05) is 6.92 Å². The normalized spacial score (nSPS) is 9.62. The first-order valence-electron chi connectivity index (χ1n) is 4.89. The molecule has 2 amide bonds. The molecule has 0 atom stereocenters. The summed E-state index contributed by atoms with van der Waals surface area (Å²) in [6, 6.07) is 5.03. The molecule has 86 valence electrons. The zero-order valence-corrected chi connectivity index (χ0v) is 9.33. The van der Waals surface area contributed by atoms with Crippen molar-refractivity contribution in [2.24, 2.45) is 0 Å². The third kappa shape index (κ3) is 2.98. The number of nitrogens with two attached hydrogens (primary N) is 1. The lowest BCUT2D eigenvalue weighted by atomic mass is 10.1. The molecule has 0 saturated heterocycles. The van der Waals surface area contributed by atoms with Gasteiger partial charge in [-0.3, -0.25) is 9.59 Å². The molecule has 0 radical (unpaired) electrons. The fraction of sp³-hybridized carbons (Fsp3) is 0.273. The molecule has 1 aromatic rings. The standard InChI is InChI=1S/C11H15N3O2/c1-7-3-4-8(5-9(7)12)11(16)14-6-10(15)13-2/h3-5H,6,12H2,1-2H3,(H,13,15)(H,14,16). The minimum absolute atomic E-state index is 0.0386. The van der Waals surface area contributed by atoms with Crippen molar-refractivity contribution in [2.45, 2.75) is 6.92 Å². The maximum absolute atomic E-state index is 11.6. The second kappa shape index (κ2) is 5.16. The van der Waals surface area contributed by atoms with E-state index >= 15 is 0 Å². The molecular formula is C11H15N3O2. The maximum atomic E-state index is 11.6. The van der Waals surface area contributed by atoms with Gasteiger partial charge in [0, 0.05) is 18.3 Å². The molecule has 5 heteroatoms. The Morgan fingerprint density at radius 3 is 2.62 bits per heavy atom. The van der Waals surface area contributed by atoms with Crippen molar-refractivity contribution in [3.8, 4) is 0 Å². The van der Waals surface area contributed by atoms with Gasteiger partial charge in [-0.2, -0.15) is 0 Å². The number of amides is 2. The highest BCUT2D eigenvalue weighted by atomic mass is 16.2. The van der Waals surface area contributed by atoms with Crippen LogP contribution in [-0.2, 0) is 4.79 Å². The summed E-state index contributed by atoms with van der Waals surface area (Å²) in [5, 5.41) is 4.90. The SMILES string of the molecule is CNC(=O)CNC(=O)c1ccc(C)c(N)c1. The van der Waals surface area contributed by atoms with E-state index in [1.165, 1.54) is 7.05 Å². The van der Waals surface area contributed by atoms with Crippen molar-refractivity contribution in [3.05, 3.63) is 29.3 Å². The lowest BCUT2D eigenvalue weighted by molar-refractivity contribution is -0.119.